The van der Waals surface area contributed by atoms with Crippen LogP contribution in [0.1, 0.15) is 23.2 Å². The van der Waals surface area contributed by atoms with Crippen LogP contribution in [0.2, 0.25) is 0 Å². The first-order valence-corrected chi connectivity index (χ1v) is 12.3. The number of aromatic nitrogens is 1. The lowest BCUT2D eigenvalue weighted by atomic mass is 10.1. The van der Waals surface area contributed by atoms with Gasteiger partial charge in [-0.3, -0.25) is 4.98 Å². The van der Waals surface area contributed by atoms with Gasteiger partial charge < -0.3 is 19.9 Å². The number of esters is 1. The Bertz CT molecular complexity index is 1110. The van der Waals surface area contributed by atoms with Gasteiger partial charge in [-0.25, -0.2) is 18.0 Å². The smallest absolute Gasteiger partial charge is 0.337 e. The third-order valence-corrected chi connectivity index (χ3v) is 7.79. The molecule has 2 saturated heterocycles. The zero-order valence-electron chi connectivity index (χ0n) is 18.4. The van der Waals surface area contributed by atoms with Gasteiger partial charge in [0.05, 0.1) is 24.0 Å². The van der Waals surface area contributed by atoms with Gasteiger partial charge in [-0.15, -0.1) is 0 Å². The molecule has 11 heteroatoms. The molecule has 0 spiro atoms. The zero-order valence-corrected chi connectivity index (χ0v) is 19.3. The summed E-state index contributed by atoms with van der Waals surface area (Å²) in [5.74, 6) is -0.479. The Hall–Kier alpha value is -3.18. The van der Waals surface area contributed by atoms with E-state index >= 15 is 0 Å². The van der Waals surface area contributed by atoms with Crippen LogP contribution in [0.15, 0.2) is 47.6 Å². The van der Waals surface area contributed by atoms with E-state index in [-0.39, 0.29) is 37.1 Å². The highest BCUT2D eigenvalue weighted by atomic mass is 32.2. The van der Waals surface area contributed by atoms with Crippen molar-refractivity contribution in [2.45, 2.75) is 17.7 Å². The fourth-order valence-corrected chi connectivity index (χ4v) is 5.48. The van der Waals surface area contributed by atoms with Crippen molar-refractivity contribution < 1.29 is 22.7 Å². The Morgan fingerprint density at radius 2 is 1.76 bits per heavy atom. The predicted octanol–water partition coefficient (Wildman–Crippen LogP) is 2.01. The number of methoxy groups -OCH3 is 1. The van der Waals surface area contributed by atoms with E-state index in [9.17, 15) is 18.0 Å². The average molecular weight is 474 g/mol. The highest BCUT2D eigenvalue weighted by Crippen LogP contribution is 2.31. The maximum Gasteiger partial charge on any atom is 0.337 e. The van der Waals surface area contributed by atoms with Gasteiger partial charge in [-0.05, 0) is 43.2 Å². The summed E-state index contributed by atoms with van der Waals surface area (Å²) < 4.78 is 31.8. The number of anilines is 2. The van der Waals surface area contributed by atoms with Crippen molar-refractivity contribution >= 4 is 33.4 Å². The number of pyridine rings is 1. The molecular formula is C22H27N5O5S. The van der Waals surface area contributed by atoms with E-state index in [1.165, 1.54) is 29.9 Å². The second-order valence-electron chi connectivity index (χ2n) is 7.93. The van der Waals surface area contributed by atoms with Crippen molar-refractivity contribution in [1.82, 2.24) is 14.2 Å². The van der Waals surface area contributed by atoms with E-state index < -0.39 is 16.0 Å². The Kier molecular flexibility index (Phi) is 6.80. The Balaban J connectivity index is 1.46. The van der Waals surface area contributed by atoms with Gasteiger partial charge in [0.1, 0.15) is 4.90 Å². The number of nitrogens with zero attached hydrogens (tertiary/aromatic N) is 4. The summed E-state index contributed by atoms with van der Waals surface area (Å²) in [5, 5.41) is 2.92. The molecule has 3 heterocycles. The standard InChI is InChI=1S/C22H27N5O5S/c1-32-21(28)17-6-7-20(25-9-2-3-10-25)19(15-17)24-22(29)26-11-13-27(14-12-26)33(30,31)18-5-4-8-23-16-18/h4-8,15-16H,2-3,9-14H2,1H3,(H,24,29). The second kappa shape index (κ2) is 9.75. The number of rotatable bonds is 5. The minimum absolute atomic E-state index is 0.137. The lowest BCUT2D eigenvalue weighted by Gasteiger charge is -2.34. The summed E-state index contributed by atoms with van der Waals surface area (Å²) in [5.41, 5.74) is 1.74. The average Bonchev–Trinajstić information content (AvgIpc) is 3.39. The first kappa shape index (κ1) is 23.0. The largest absolute Gasteiger partial charge is 0.465 e. The maximum absolute atomic E-state index is 13.0. The van der Waals surface area contributed by atoms with E-state index in [0.717, 1.165) is 31.6 Å². The summed E-state index contributed by atoms with van der Waals surface area (Å²) in [7, 11) is -2.34. The molecule has 1 aromatic carbocycles. The first-order chi connectivity index (χ1) is 15.9. The van der Waals surface area contributed by atoms with Gasteiger partial charge in [0.2, 0.25) is 10.0 Å². The molecule has 176 valence electrons. The number of piperazine rings is 1. The quantitative estimate of drug-likeness (QED) is 0.661. The van der Waals surface area contributed by atoms with Crippen LogP contribution in [-0.4, -0.2) is 81.0 Å². The van der Waals surface area contributed by atoms with E-state index in [4.69, 9.17) is 4.74 Å². The summed E-state index contributed by atoms with van der Waals surface area (Å²) in [6.45, 7) is 2.64. The van der Waals surface area contributed by atoms with Crippen molar-refractivity contribution in [3.63, 3.8) is 0 Å². The second-order valence-corrected chi connectivity index (χ2v) is 9.87. The number of urea groups is 1. The van der Waals surface area contributed by atoms with Crippen molar-refractivity contribution in [2.75, 3.05) is 56.6 Å². The molecule has 33 heavy (non-hydrogen) atoms. The molecule has 10 nitrogen and oxygen atoms in total. The van der Waals surface area contributed by atoms with Gasteiger partial charge in [0.25, 0.3) is 0 Å². The van der Waals surface area contributed by atoms with Gasteiger partial charge in [0.15, 0.2) is 0 Å². The van der Waals surface area contributed by atoms with Gasteiger partial charge in [-0.1, -0.05) is 0 Å². The Morgan fingerprint density at radius 1 is 1.03 bits per heavy atom. The minimum Gasteiger partial charge on any atom is -0.465 e. The molecule has 2 fully saturated rings. The van der Waals surface area contributed by atoms with Gasteiger partial charge in [-0.2, -0.15) is 4.31 Å². The van der Waals surface area contributed by atoms with E-state index in [2.05, 4.69) is 15.2 Å². The molecule has 0 atom stereocenters. The highest BCUT2D eigenvalue weighted by molar-refractivity contribution is 7.89. The first-order valence-electron chi connectivity index (χ1n) is 10.8. The summed E-state index contributed by atoms with van der Waals surface area (Å²) in [6.07, 6.45) is 4.98. The van der Waals surface area contributed by atoms with Crippen LogP contribution in [0.3, 0.4) is 0 Å². The lowest BCUT2D eigenvalue weighted by molar-refractivity contribution is 0.0600. The fourth-order valence-electron chi connectivity index (χ4n) is 4.09. The molecule has 0 unspecified atom stereocenters. The molecule has 2 aliphatic heterocycles. The number of carbonyl (C=O) groups excluding carboxylic acids is 2. The monoisotopic (exact) mass is 473 g/mol. The van der Waals surface area contributed by atoms with E-state index in [0.29, 0.717) is 11.3 Å². The Labute approximate surface area is 193 Å². The van der Waals surface area contributed by atoms with Crippen molar-refractivity contribution in [3.05, 3.63) is 48.3 Å². The third kappa shape index (κ3) is 4.93. The SMILES string of the molecule is COC(=O)c1ccc(N2CCCC2)c(NC(=O)N2CCN(S(=O)(=O)c3cccnc3)CC2)c1. The number of benzene rings is 1. The normalized spacial score (nSPS) is 17.1. The van der Waals surface area contributed by atoms with E-state index in [1.807, 2.05) is 6.07 Å². The fraction of sp³-hybridized carbons (Fsp3) is 0.409. The summed E-state index contributed by atoms with van der Waals surface area (Å²) >= 11 is 0. The molecule has 0 radical (unpaired) electrons. The molecular weight excluding hydrogens is 446 g/mol. The number of ether oxygens (including phenoxy) is 1. The molecule has 2 aromatic rings. The minimum atomic E-state index is -3.65. The molecule has 2 aliphatic rings. The van der Waals surface area contributed by atoms with E-state index in [1.54, 1.807) is 23.1 Å². The van der Waals surface area contributed by atoms with Crippen molar-refractivity contribution in [1.29, 1.82) is 0 Å². The number of carbonyl (C=O) groups is 2. The molecule has 4 rings (SSSR count). The molecule has 1 aromatic heterocycles. The third-order valence-electron chi connectivity index (χ3n) is 5.90. The van der Waals surface area contributed by atoms with Crippen molar-refractivity contribution in [3.8, 4) is 0 Å². The van der Waals surface area contributed by atoms with Crippen LogP contribution in [0, 0.1) is 0 Å². The summed E-state index contributed by atoms with van der Waals surface area (Å²) in [6, 6.07) is 7.89. The number of amides is 2. The summed E-state index contributed by atoms with van der Waals surface area (Å²) in [4.78, 5) is 32.8. The molecule has 2 amide bonds. The van der Waals surface area contributed by atoms with Crippen LogP contribution in [0.4, 0.5) is 16.2 Å². The number of nitrogens with one attached hydrogen (secondary N) is 1. The van der Waals surface area contributed by atoms with Gasteiger partial charge >= 0.3 is 12.0 Å². The van der Waals surface area contributed by atoms with Crippen LogP contribution < -0.4 is 10.2 Å². The predicted molar refractivity (Wildman–Crippen MR) is 123 cm³/mol. The molecule has 1 N–H and O–H groups in total. The molecule has 0 saturated carbocycles. The van der Waals surface area contributed by atoms with Crippen molar-refractivity contribution in [2.24, 2.45) is 0 Å². The van der Waals surface area contributed by atoms with Crippen LogP contribution in [-0.2, 0) is 14.8 Å². The van der Waals surface area contributed by atoms with Gasteiger partial charge in [0, 0.05) is 51.7 Å². The van der Waals surface area contributed by atoms with Crippen LogP contribution in [0.5, 0.6) is 0 Å². The topological polar surface area (TPSA) is 112 Å². The van der Waals surface area contributed by atoms with Crippen LogP contribution in [0.25, 0.3) is 0 Å². The lowest BCUT2D eigenvalue weighted by Crippen LogP contribution is -2.51. The molecule has 0 bridgehead atoms. The number of hydrogen-bond donors (Lipinski definition) is 1. The number of sulfonamides is 1. The maximum atomic E-state index is 13.0. The Morgan fingerprint density at radius 3 is 2.39 bits per heavy atom. The molecule has 0 aliphatic carbocycles. The van der Waals surface area contributed by atoms with Crippen LogP contribution >= 0.6 is 0 Å². The zero-order chi connectivity index (χ0) is 23.4. The highest BCUT2D eigenvalue weighted by Gasteiger charge is 2.30. The number of hydrogen-bond acceptors (Lipinski definition) is 7.